The average Bonchev–Trinajstić information content (AvgIpc) is 3.14. The van der Waals surface area contributed by atoms with Crippen molar-refractivity contribution in [3.63, 3.8) is 0 Å². The Balaban J connectivity index is 1.53. The van der Waals surface area contributed by atoms with Crippen LogP contribution < -0.4 is 4.74 Å². The fraction of sp³-hybridized carbons (Fsp3) is 0.400. The van der Waals surface area contributed by atoms with E-state index >= 15 is 0 Å². The van der Waals surface area contributed by atoms with Crippen LogP contribution >= 0.6 is 22.9 Å². The Labute approximate surface area is 181 Å². The summed E-state index contributed by atoms with van der Waals surface area (Å²) >= 11 is 7.57. The van der Waals surface area contributed by atoms with Crippen molar-refractivity contribution in [3.8, 4) is 5.75 Å². The highest BCUT2D eigenvalue weighted by Gasteiger charge is 2.26. The number of rotatable bonds is 10. The van der Waals surface area contributed by atoms with Gasteiger partial charge in [-0.15, -0.1) is 17.9 Å². The predicted octanol–water partition coefficient (Wildman–Crippen LogP) is 3.49. The van der Waals surface area contributed by atoms with Crippen LogP contribution in [-0.2, 0) is 21.3 Å². The molecule has 0 bridgehead atoms. The van der Waals surface area contributed by atoms with Gasteiger partial charge in [0.1, 0.15) is 12.4 Å². The average molecular weight is 457 g/mol. The van der Waals surface area contributed by atoms with Crippen molar-refractivity contribution in [1.29, 1.82) is 0 Å². The molecule has 0 amide bonds. The summed E-state index contributed by atoms with van der Waals surface area (Å²) < 4.78 is 38.6. The van der Waals surface area contributed by atoms with Crippen LogP contribution in [0.15, 0.2) is 53.9 Å². The summed E-state index contributed by atoms with van der Waals surface area (Å²) in [5.41, 5.74) is 0. The minimum absolute atomic E-state index is 0.273. The molecule has 1 aromatic carbocycles. The summed E-state index contributed by atoms with van der Waals surface area (Å²) in [6.45, 7) is 8.17. The zero-order valence-electron chi connectivity index (χ0n) is 16.1. The first-order chi connectivity index (χ1) is 14.0. The number of sulfonamides is 1. The predicted molar refractivity (Wildman–Crippen MR) is 116 cm³/mol. The van der Waals surface area contributed by atoms with Crippen LogP contribution in [0.2, 0.25) is 4.34 Å². The van der Waals surface area contributed by atoms with Crippen molar-refractivity contribution in [2.75, 3.05) is 46.0 Å². The highest BCUT2D eigenvalue weighted by Crippen LogP contribution is 2.23. The minimum Gasteiger partial charge on any atom is -0.492 e. The molecule has 0 unspecified atom stereocenters. The number of hydrogen-bond donors (Lipinski definition) is 0. The third-order valence-corrected chi connectivity index (χ3v) is 7.63. The van der Waals surface area contributed by atoms with E-state index in [4.69, 9.17) is 21.1 Å². The number of benzene rings is 1. The Morgan fingerprint density at radius 1 is 1.21 bits per heavy atom. The highest BCUT2D eigenvalue weighted by molar-refractivity contribution is 7.89. The molecule has 0 saturated carbocycles. The molecule has 0 N–H and O–H groups in total. The molecule has 1 fully saturated rings. The van der Waals surface area contributed by atoms with Crippen molar-refractivity contribution in [1.82, 2.24) is 9.21 Å². The van der Waals surface area contributed by atoms with Crippen LogP contribution in [0.1, 0.15) is 4.88 Å². The van der Waals surface area contributed by atoms with Crippen LogP contribution in [0.5, 0.6) is 5.75 Å². The zero-order chi connectivity index (χ0) is 20.7. The number of ether oxygens (including phenoxy) is 2. The Bertz CT molecular complexity index is 893. The Morgan fingerprint density at radius 2 is 1.93 bits per heavy atom. The molecule has 0 radical (unpaired) electrons. The second-order valence-corrected chi connectivity index (χ2v) is 10.3. The van der Waals surface area contributed by atoms with Gasteiger partial charge in [-0.05, 0) is 36.4 Å². The highest BCUT2D eigenvalue weighted by atomic mass is 35.5. The largest absolute Gasteiger partial charge is 0.492 e. The number of thiophene rings is 1. The summed E-state index contributed by atoms with van der Waals surface area (Å²) in [4.78, 5) is 3.68. The molecule has 1 aromatic heterocycles. The summed E-state index contributed by atoms with van der Waals surface area (Å²) in [6, 6.07) is 10.5. The minimum atomic E-state index is -3.48. The van der Waals surface area contributed by atoms with Gasteiger partial charge in [-0.25, -0.2) is 8.42 Å². The molecule has 1 saturated heterocycles. The monoisotopic (exact) mass is 456 g/mol. The van der Waals surface area contributed by atoms with E-state index in [0.29, 0.717) is 38.7 Å². The smallest absolute Gasteiger partial charge is 0.243 e. The van der Waals surface area contributed by atoms with Gasteiger partial charge in [0.15, 0.2) is 0 Å². The fourth-order valence-corrected chi connectivity index (χ4v) is 5.55. The van der Waals surface area contributed by atoms with Crippen molar-refractivity contribution >= 4 is 33.0 Å². The number of halogens is 1. The topological polar surface area (TPSA) is 59.1 Å². The molecular weight excluding hydrogens is 432 g/mol. The van der Waals surface area contributed by atoms with Crippen LogP contribution in [0.4, 0.5) is 0 Å². The quantitative estimate of drug-likeness (QED) is 0.512. The molecule has 0 atom stereocenters. The second-order valence-electron chi connectivity index (χ2n) is 6.57. The third kappa shape index (κ3) is 6.28. The summed E-state index contributed by atoms with van der Waals surface area (Å²) in [5, 5.41) is 0. The van der Waals surface area contributed by atoms with Crippen molar-refractivity contribution in [2.24, 2.45) is 0 Å². The van der Waals surface area contributed by atoms with E-state index in [-0.39, 0.29) is 4.90 Å². The van der Waals surface area contributed by atoms with Crippen molar-refractivity contribution in [3.05, 3.63) is 58.3 Å². The maximum Gasteiger partial charge on any atom is 0.243 e. The summed E-state index contributed by atoms with van der Waals surface area (Å²) in [7, 11) is -3.48. The first-order valence-corrected chi connectivity index (χ1v) is 12.0. The van der Waals surface area contributed by atoms with Gasteiger partial charge < -0.3 is 9.47 Å². The van der Waals surface area contributed by atoms with Crippen LogP contribution in [0.25, 0.3) is 0 Å². The third-order valence-electron chi connectivity index (χ3n) is 4.50. The van der Waals surface area contributed by atoms with Crippen molar-refractivity contribution in [2.45, 2.75) is 11.4 Å². The SMILES string of the molecule is C=CCN(CCOc1ccc(S(=O)(=O)N2CCOCC2)cc1)Cc1ccc(Cl)s1. The van der Waals surface area contributed by atoms with Crippen LogP contribution in [0, 0.1) is 0 Å². The maximum atomic E-state index is 12.7. The number of morpholine rings is 1. The molecule has 1 aliphatic rings. The first kappa shape index (κ1) is 22.3. The zero-order valence-corrected chi connectivity index (χ0v) is 18.5. The standard InChI is InChI=1S/C20H25ClN2O4S2/c1-2-9-22(16-18-5-8-20(21)28-18)10-15-27-17-3-6-19(7-4-17)29(24,25)23-11-13-26-14-12-23/h2-8H,1,9-16H2. The molecule has 0 aliphatic carbocycles. The lowest BCUT2D eigenvalue weighted by Crippen LogP contribution is -2.40. The Hall–Kier alpha value is -1.42. The molecule has 1 aliphatic heterocycles. The van der Waals surface area contributed by atoms with Gasteiger partial charge in [-0.3, -0.25) is 4.90 Å². The summed E-state index contributed by atoms with van der Waals surface area (Å²) in [6.07, 6.45) is 1.86. The molecule has 29 heavy (non-hydrogen) atoms. The van der Waals surface area contributed by atoms with Gasteiger partial charge in [-0.2, -0.15) is 4.31 Å². The van der Waals surface area contributed by atoms with E-state index in [1.807, 2.05) is 18.2 Å². The van der Waals surface area contributed by atoms with Gasteiger partial charge >= 0.3 is 0 Å². The van der Waals surface area contributed by atoms with Crippen molar-refractivity contribution < 1.29 is 17.9 Å². The molecule has 6 nitrogen and oxygen atoms in total. The molecule has 2 heterocycles. The van der Waals surface area contributed by atoms with Crippen LogP contribution in [0.3, 0.4) is 0 Å². The van der Waals surface area contributed by atoms with Gasteiger partial charge in [0, 0.05) is 37.6 Å². The lowest BCUT2D eigenvalue weighted by molar-refractivity contribution is 0.0730. The van der Waals surface area contributed by atoms with Gasteiger partial charge in [0.2, 0.25) is 10.0 Å². The number of hydrogen-bond acceptors (Lipinski definition) is 6. The fourth-order valence-electron chi connectivity index (χ4n) is 3.01. The van der Waals surface area contributed by atoms with E-state index in [2.05, 4.69) is 11.5 Å². The van der Waals surface area contributed by atoms with E-state index in [0.717, 1.165) is 24.0 Å². The molecule has 158 valence electrons. The number of nitrogens with zero attached hydrogens (tertiary/aromatic N) is 2. The normalized spacial score (nSPS) is 15.5. The van der Waals surface area contributed by atoms with Gasteiger partial charge in [0.25, 0.3) is 0 Å². The second kappa shape index (κ2) is 10.6. The lowest BCUT2D eigenvalue weighted by atomic mass is 10.3. The Morgan fingerprint density at radius 3 is 2.55 bits per heavy atom. The first-order valence-electron chi connectivity index (χ1n) is 9.37. The van der Waals surface area contributed by atoms with E-state index in [1.54, 1.807) is 35.6 Å². The van der Waals surface area contributed by atoms with Gasteiger partial charge in [-0.1, -0.05) is 17.7 Å². The van der Waals surface area contributed by atoms with Crippen LogP contribution in [-0.4, -0.2) is 63.6 Å². The molecular formula is C20H25ClN2O4S2. The van der Waals surface area contributed by atoms with Gasteiger partial charge in [0.05, 0.1) is 22.4 Å². The maximum absolute atomic E-state index is 12.7. The summed E-state index contributed by atoms with van der Waals surface area (Å²) in [5.74, 6) is 0.642. The van der Waals surface area contributed by atoms with E-state index in [1.165, 1.54) is 9.18 Å². The lowest BCUT2D eigenvalue weighted by Gasteiger charge is -2.26. The molecule has 2 aromatic rings. The molecule has 3 rings (SSSR count). The van der Waals surface area contributed by atoms with E-state index < -0.39 is 10.0 Å². The molecule has 9 heteroatoms. The van der Waals surface area contributed by atoms with E-state index in [9.17, 15) is 8.42 Å². The molecule has 0 spiro atoms. The Kier molecular flexibility index (Phi) is 8.11.